The first-order chi connectivity index (χ1) is 8.80. The molecule has 0 aliphatic rings. The zero-order chi connectivity index (χ0) is 14.5. The van der Waals surface area contributed by atoms with Crippen molar-refractivity contribution in [1.82, 2.24) is 4.72 Å². The predicted molar refractivity (Wildman–Crippen MR) is 73.2 cm³/mol. The minimum atomic E-state index is -3.68. The van der Waals surface area contributed by atoms with E-state index in [4.69, 9.17) is 5.11 Å². The number of hydrogen-bond acceptors (Lipinski definition) is 3. The van der Waals surface area contributed by atoms with Gasteiger partial charge in [-0.25, -0.2) is 0 Å². The van der Waals surface area contributed by atoms with E-state index in [-0.39, 0.29) is 18.0 Å². The fourth-order valence-electron chi connectivity index (χ4n) is 1.39. The maximum atomic E-state index is 11.8. The van der Waals surface area contributed by atoms with Gasteiger partial charge in [-0.2, -0.15) is 13.1 Å². The lowest BCUT2D eigenvalue weighted by Gasteiger charge is -2.13. The molecule has 7 heteroatoms. The van der Waals surface area contributed by atoms with Gasteiger partial charge < -0.3 is 5.11 Å². The van der Waals surface area contributed by atoms with Crippen molar-refractivity contribution < 1.29 is 18.3 Å². The smallest absolute Gasteiger partial charge is 0.307 e. The van der Waals surface area contributed by atoms with Gasteiger partial charge in [0.25, 0.3) is 10.2 Å². The standard InChI is InChI=1S/C12H18N2O4S/c1-9(2)8-13-19(17,18)14-11-6-4-3-5-10(11)7-12(15)16/h3-6,9,13-14H,7-8H2,1-2H3,(H,15,16). The van der Waals surface area contributed by atoms with Crippen molar-refractivity contribution in [2.75, 3.05) is 11.3 Å². The van der Waals surface area contributed by atoms with Crippen molar-refractivity contribution in [2.24, 2.45) is 5.92 Å². The zero-order valence-electron chi connectivity index (χ0n) is 10.9. The number of aliphatic carboxylic acids is 1. The van der Waals surface area contributed by atoms with Crippen molar-refractivity contribution in [1.29, 1.82) is 0 Å². The summed E-state index contributed by atoms with van der Waals surface area (Å²) in [6, 6.07) is 6.42. The van der Waals surface area contributed by atoms with Crippen molar-refractivity contribution in [3.05, 3.63) is 29.8 Å². The molecule has 19 heavy (non-hydrogen) atoms. The van der Waals surface area contributed by atoms with E-state index in [9.17, 15) is 13.2 Å². The van der Waals surface area contributed by atoms with Crippen LogP contribution in [0.15, 0.2) is 24.3 Å². The van der Waals surface area contributed by atoms with Crippen molar-refractivity contribution in [2.45, 2.75) is 20.3 Å². The maximum absolute atomic E-state index is 11.8. The Kier molecular flexibility index (Phi) is 5.31. The summed E-state index contributed by atoms with van der Waals surface area (Å²) < 4.78 is 28.3. The minimum absolute atomic E-state index is 0.186. The molecule has 106 valence electrons. The van der Waals surface area contributed by atoms with Crippen LogP contribution in [-0.2, 0) is 21.4 Å². The Morgan fingerprint density at radius 2 is 1.95 bits per heavy atom. The second kappa shape index (κ2) is 6.53. The van der Waals surface area contributed by atoms with Crippen LogP contribution < -0.4 is 9.44 Å². The molecule has 0 saturated heterocycles. The molecule has 0 bridgehead atoms. The molecule has 0 amide bonds. The molecule has 0 unspecified atom stereocenters. The molecule has 0 aromatic heterocycles. The fourth-order valence-corrected chi connectivity index (χ4v) is 2.51. The van der Waals surface area contributed by atoms with E-state index in [1.165, 1.54) is 6.07 Å². The molecule has 3 N–H and O–H groups in total. The van der Waals surface area contributed by atoms with E-state index in [1.54, 1.807) is 18.2 Å². The van der Waals surface area contributed by atoms with Gasteiger partial charge in [0.2, 0.25) is 0 Å². The first kappa shape index (κ1) is 15.5. The minimum Gasteiger partial charge on any atom is -0.481 e. The molecule has 1 rings (SSSR count). The molecule has 6 nitrogen and oxygen atoms in total. The van der Waals surface area contributed by atoms with E-state index in [2.05, 4.69) is 9.44 Å². The third kappa shape index (κ3) is 5.71. The van der Waals surface area contributed by atoms with Gasteiger partial charge in [-0.05, 0) is 17.5 Å². The lowest BCUT2D eigenvalue weighted by Crippen LogP contribution is -2.33. The third-order valence-corrected chi connectivity index (χ3v) is 3.32. The van der Waals surface area contributed by atoms with Crippen LogP contribution in [0, 0.1) is 5.92 Å². The summed E-state index contributed by atoms with van der Waals surface area (Å²) in [4.78, 5) is 10.7. The highest BCUT2D eigenvalue weighted by Crippen LogP contribution is 2.16. The number of anilines is 1. The van der Waals surface area contributed by atoms with Crippen LogP contribution in [0.2, 0.25) is 0 Å². The number of carbonyl (C=O) groups is 1. The first-order valence-electron chi connectivity index (χ1n) is 5.87. The lowest BCUT2D eigenvalue weighted by atomic mass is 10.1. The first-order valence-corrected chi connectivity index (χ1v) is 7.35. The quantitative estimate of drug-likeness (QED) is 0.702. The van der Waals surface area contributed by atoms with Crippen molar-refractivity contribution in [3.8, 4) is 0 Å². The molecule has 0 radical (unpaired) electrons. The van der Waals surface area contributed by atoms with Gasteiger partial charge in [-0.15, -0.1) is 0 Å². The molecule has 0 saturated carbocycles. The topological polar surface area (TPSA) is 95.5 Å². The summed E-state index contributed by atoms with van der Waals surface area (Å²) in [5.41, 5.74) is 0.700. The summed E-state index contributed by atoms with van der Waals surface area (Å²) in [5, 5.41) is 8.77. The average molecular weight is 286 g/mol. The van der Waals surface area contributed by atoms with Gasteiger partial charge in [-0.3, -0.25) is 9.52 Å². The van der Waals surface area contributed by atoms with E-state index in [0.717, 1.165) is 0 Å². The molecule has 0 aliphatic carbocycles. The highest BCUT2D eigenvalue weighted by molar-refractivity contribution is 7.90. The zero-order valence-corrected chi connectivity index (χ0v) is 11.7. The Morgan fingerprint density at radius 1 is 1.32 bits per heavy atom. The van der Waals surface area contributed by atoms with Crippen LogP contribution >= 0.6 is 0 Å². The predicted octanol–water partition coefficient (Wildman–Crippen LogP) is 1.22. The van der Waals surface area contributed by atoms with Crippen LogP contribution in [0.3, 0.4) is 0 Å². The molecule has 0 fully saturated rings. The van der Waals surface area contributed by atoms with Gasteiger partial charge in [0.1, 0.15) is 0 Å². The molecular formula is C12H18N2O4S. The SMILES string of the molecule is CC(C)CNS(=O)(=O)Nc1ccccc1CC(=O)O. The molecule has 1 aromatic rings. The third-order valence-electron chi connectivity index (χ3n) is 2.28. The molecular weight excluding hydrogens is 268 g/mol. The van der Waals surface area contributed by atoms with Crippen LogP contribution in [0.25, 0.3) is 0 Å². The number of hydrogen-bond donors (Lipinski definition) is 3. The molecule has 1 aromatic carbocycles. The summed E-state index contributed by atoms with van der Waals surface area (Å²) >= 11 is 0. The monoisotopic (exact) mass is 286 g/mol. The number of carboxylic acid groups (broad SMARTS) is 1. The average Bonchev–Trinajstić information content (AvgIpc) is 2.28. The summed E-state index contributed by atoms with van der Waals surface area (Å²) in [5.74, 6) is -0.826. The van der Waals surface area contributed by atoms with E-state index < -0.39 is 16.2 Å². The number of rotatable bonds is 7. The maximum Gasteiger partial charge on any atom is 0.307 e. The van der Waals surface area contributed by atoms with Gasteiger partial charge in [0, 0.05) is 6.54 Å². The Hall–Kier alpha value is -1.60. The second-order valence-electron chi connectivity index (χ2n) is 4.58. The van der Waals surface area contributed by atoms with Crippen LogP contribution in [0.1, 0.15) is 19.4 Å². The summed E-state index contributed by atoms with van der Waals surface area (Å²) in [6.07, 6.45) is -0.233. The molecule has 0 atom stereocenters. The van der Waals surface area contributed by atoms with Gasteiger partial charge in [-0.1, -0.05) is 32.0 Å². The normalized spacial score (nSPS) is 11.5. The van der Waals surface area contributed by atoms with E-state index >= 15 is 0 Å². The Morgan fingerprint density at radius 3 is 2.53 bits per heavy atom. The number of benzene rings is 1. The number of para-hydroxylation sites is 1. The highest BCUT2D eigenvalue weighted by atomic mass is 32.2. The Balaban J connectivity index is 2.84. The van der Waals surface area contributed by atoms with Crippen LogP contribution in [0.4, 0.5) is 5.69 Å². The van der Waals surface area contributed by atoms with Crippen molar-refractivity contribution in [3.63, 3.8) is 0 Å². The summed E-state index contributed by atoms with van der Waals surface area (Å²) in [7, 11) is -3.68. The van der Waals surface area contributed by atoms with Crippen molar-refractivity contribution >= 4 is 21.9 Å². The lowest BCUT2D eigenvalue weighted by molar-refractivity contribution is -0.136. The molecule has 0 aliphatic heterocycles. The van der Waals surface area contributed by atoms with E-state index in [0.29, 0.717) is 12.1 Å². The second-order valence-corrected chi connectivity index (χ2v) is 6.08. The van der Waals surface area contributed by atoms with E-state index in [1.807, 2.05) is 13.8 Å². The summed E-state index contributed by atoms with van der Waals surface area (Å²) in [6.45, 7) is 4.10. The largest absolute Gasteiger partial charge is 0.481 e. The highest BCUT2D eigenvalue weighted by Gasteiger charge is 2.13. The van der Waals surface area contributed by atoms with Gasteiger partial charge in [0.15, 0.2) is 0 Å². The molecule has 0 spiro atoms. The molecule has 0 heterocycles. The van der Waals surface area contributed by atoms with Gasteiger partial charge in [0.05, 0.1) is 12.1 Å². The Bertz CT molecular complexity index is 540. The Labute approximate surface area is 113 Å². The number of nitrogens with one attached hydrogen (secondary N) is 2. The fraction of sp³-hybridized carbons (Fsp3) is 0.417. The van der Waals surface area contributed by atoms with Crippen LogP contribution in [-0.4, -0.2) is 26.0 Å². The van der Waals surface area contributed by atoms with Gasteiger partial charge >= 0.3 is 5.97 Å². The number of carboxylic acids is 1. The van der Waals surface area contributed by atoms with Crippen LogP contribution in [0.5, 0.6) is 0 Å².